The van der Waals surface area contributed by atoms with Crippen LogP contribution in [0, 0.1) is 5.92 Å². The second-order valence-electron chi connectivity index (χ2n) is 4.51. The summed E-state index contributed by atoms with van der Waals surface area (Å²) in [6, 6.07) is 1.80. The maximum Gasteiger partial charge on any atom is 0.219 e. The van der Waals surface area contributed by atoms with Gasteiger partial charge in [0.05, 0.1) is 0 Å². The fourth-order valence-corrected chi connectivity index (χ4v) is 2.46. The van der Waals surface area contributed by atoms with E-state index in [9.17, 15) is 4.79 Å². The summed E-state index contributed by atoms with van der Waals surface area (Å²) in [5.74, 6) is 0.647. The van der Waals surface area contributed by atoms with Crippen molar-refractivity contribution in [3.8, 4) is 0 Å². The van der Waals surface area contributed by atoms with Gasteiger partial charge in [-0.1, -0.05) is 11.6 Å². The number of hydrogen-bond acceptors (Lipinski definition) is 3. The number of carbonyl (C=O) groups is 1. The number of nitrogens with zero attached hydrogens (tertiary/aromatic N) is 3. The van der Waals surface area contributed by atoms with Gasteiger partial charge in [0, 0.05) is 25.7 Å². The number of carbonyl (C=O) groups excluding carboxylic acids is 1. The Morgan fingerprint density at radius 2 is 2.41 bits per heavy atom. The first-order valence-electron chi connectivity index (χ1n) is 5.87. The third kappa shape index (κ3) is 3.40. The van der Waals surface area contributed by atoms with Crippen LogP contribution >= 0.6 is 11.6 Å². The standard InChI is InChI=1S/C12H16ClN3O/c1-9(17)16-4-2-3-10(7-16)5-11-6-12(13)15-8-14-11/h6,8,10H,2-5,7H2,1H3/t10-/m0/s1. The zero-order valence-corrected chi connectivity index (χ0v) is 10.7. The molecule has 0 spiro atoms. The monoisotopic (exact) mass is 253 g/mol. The number of piperidine rings is 1. The predicted molar refractivity (Wildman–Crippen MR) is 65.7 cm³/mol. The molecule has 1 aliphatic heterocycles. The fraction of sp³-hybridized carbons (Fsp3) is 0.583. The van der Waals surface area contributed by atoms with Crippen molar-refractivity contribution in [3.63, 3.8) is 0 Å². The van der Waals surface area contributed by atoms with Gasteiger partial charge >= 0.3 is 0 Å². The van der Waals surface area contributed by atoms with Crippen LogP contribution < -0.4 is 0 Å². The van der Waals surface area contributed by atoms with Gasteiger partial charge in [0.25, 0.3) is 0 Å². The number of aromatic nitrogens is 2. The molecule has 1 amide bonds. The summed E-state index contributed by atoms with van der Waals surface area (Å²) in [5, 5.41) is 0.481. The third-order valence-corrected chi connectivity index (χ3v) is 3.36. The van der Waals surface area contributed by atoms with E-state index < -0.39 is 0 Å². The van der Waals surface area contributed by atoms with Crippen molar-refractivity contribution < 1.29 is 4.79 Å². The van der Waals surface area contributed by atoms with Gasteiger partial charge in [-0.05, 0) is 31.2 Å². The SMILES string of the molecule is CC(=O)N1CCC[C@@H](Cc2cc(Cl)ncn2)C1. The molecule has 1 aromatic rings. The van der Waals surface area contributed by atoms with Crippen LogP contribution in [0.1, 0.15) is 25.5 Å². The molecule has 1 fully saturated rings. The summed E-state index contributed by atoms with van der Waals surface area (Å²) in [4.78, 5) is 21.3. The van der Waals surface area contributed by atoms with E-state index in [2.05, 4.69) is 9.97 Å². The Labute approximate surface area is 106 Å². The normalized spacial score (nSPS) is 20.4. The van der Waals surface area contributed by atoms with Crippen molar-refractivity contribution in [2.75, 3.05) is 13.1 Å². The molecule has 2 rings (SSSR count). The van der Waals surface area contributed by atoms with Gasteiger partial charge in [0.1, 0.15) is 11.5 Å². The van der Waals surface area contributed by atoms with E-state index in [1.807, 2.05) is 4.90 Å². The molecule has 0 radical (unpaired) electrons. The van der Waals surface area contributed by atoms with Crippen LogP contribution in [0.5, 0.6) is 0 Å². The average molecular weight is 254 g/mol. The van der Waals surface area contributed by atoms with E-state index in [1.54, 1.807) is 13.0 Å². The minimum absolute atomic E-state index is 0.162. The quantitative estimate of drug-likeness (QED) is 0.757. The Morgan fingerprint density at radius 3 is 3.12 bits per heavy atom. The minimum Gasteiger partial charge on any atom is -0.343 e. The topological polar surface area (TPSA) is 46.1 Å². The van der Waals surface area contributed by atoms with Crippen LogP contribution in [0.3, 0.4) is 0 Å². The van der Waals surface area contributed by atoms with Crippen molar-refractivity contribution in [2.24, 2.45) is 5.92 Å². The second kappa shape index (κ2) is 5.45. The molecule has 0 aromatic carbocycles. The highest BCUT2D eigenvalue weighted by Crippen LogP contribution is 2.20. The summed E-state index contributed by atoms with van der Waals surface area (Å²) >= 11 is 5.83. The van der Waals surface area contributed by atoms with Crippen LogP contribution in [-0.4, -0.2) is 33.9 Å². The molecular weight excluding hydrogens is 238 g/mol. The van der Waals surface area contributed by atoms with E-state index in [-0.39, 0.29) is 5.91 Å². The highest BCUT2D eigenvalue weighted by atomic mass is 35.5. The number of rotatable bonds is 2. The summed E-state index contributed by atoms with van der Waals surface area (Å²) in [5.41, 5.74) is 0.959. The van der Waals surface area contributed by atoms with Gasteiger partial charge in [0.2, 0.25) is 5.91 Å². The van der Waals surface area contributed by atoms with Gasteiger partial charge in [0.15, 0.2) is 0 Å². The summed E-state index contributed by atoms with van der Waals surface area (Å²) in [7, 11) is 0. The van der Waals surface area contributed by atoms with Crippen molar-refractivity contribution in [3.05, 3.63) is 23.2 Å². The van der Waals surface area contributed by atoms with Gasteiger partial charge in [-0.15, -0.1) is 0 Å². The molecule has 1 atom stereocenters. The van der Waals surface area contributed by atoms with E-state index in [0.717, 1.165) is 38.0 Å². The first-order chi connectivity index (χ1) is 8.15. The van der Waals surface area contributed by atoms with Crippen molar-refractivity contribution >= 4 is 17.5 Å². The number of halogens is 1. The molecule has 17 heavy (non-hydrogen) atoms. The maximum absolute atomic E-state index is 11.3. The first kappa shape index (κ1) is 12.3. The van der Waals surface area contributed by atoms with Crippen LogP contribution in [0.4, 0.5) is 0 Å². The predicted octanol–water partition coefficient (Wildman–Crippen LogP) is 1.93. The lowest BCUT2D eigenvalue weighted by Crippen LogP contribution is -2.39. The van der Waals surface area contributed by atoms with Crippen molar-refractivity contribution in [2.45, 2.75) is 26.2 Å². The molecule has 0 saturated carbocycles. The Balaban J connectivity index is 1.97. The van der Waals surface area contributed by atoms with E-state index in [1.165, 1.54) is 6.33 Å². The van der Waals surface area contributed by atoms with Crippen LogP contribution in [-0.2, 0) is 11.2 Å². The summed E-state index contributed by atoms with van der Waals surface area (Å²) in [6.45, 7) is 3.34. The number of likely N-dealkylation sites (tertiary alicyclic amines) is 1. The zero-order chi connectivity index (χ0) is 12.3. The van der Waals surface area contributed by atoms with Gasteiger partial charge in [-0.2, -0.15) is 0 Å². The lowest BCUT2D eigenvalue weighted by Gasteiger charge is -2.31. The third-order valence-electron chi connectivity index (χ3n) is 3.15. The molecular formula is C12H16ClN3O. The van der Waals surface area contributed by atoms with E-state index >= 15 is 0 Å². The molecule has 0 aliphatic carbocycles. The fourth-order valence-electron chi connectivity index (χ4n) is 2.30. The molecule has 0 unspecified atom stereocenters. The van der Waals surface area contributed by atoms with Crippen molar-refractivity contribution in [1.82, 2.24) is 14.9 Å². The lowest BCUT2D eigenvalue weighted by atomic mass is 9.93. The number of hydrogen-bond donors (Lipinski definition) is 0. The second-order valence-corrected chi connectivity index (χ2v) is 4.90. The molecule has 5 heteroatoms. The molecule has 1 saturated heterocycles. The molecule has 1 aromatic heterocycles. The Bertz CT molecular complexity index is 410. The summed E-state index contributed by atoms with van der Waals surface area (Å²) in [6.07, 6.45) is 4.57. The van der Waals surface area contributed by atoms with Crippen LogP contribution in [0.25, 0.3) is 0 Å². The lowest BCUT2D eigenvalue weighted by molar-refractivity contribution is -0.130. The molecule has 0 bridgehead atoms. The molecule has 1 aliphatic rings. The molecule has 92 valence electrons. The van der Waals surface area contributed by atoms with Crippen LogP contribution in [0.2, 0.25) is 5.15 Å². The van der Waals surface area contributed by atoms with Gasteiger partial charge < -0.3 is 4.90 Å². The highest BCUT2D eigenvalue weighted by molar-refractivity contribution is 6.29. The first-order valence-corrected chi connectivity index (χ1v) is 6.25. The van der Waals surface area contributed by atoms with Crippen molar-refractivity contribution in [1.29, 1.82) is 0 Å². The highest BCUT2D eigenvalue weighted by Gasteiger charge is 2.22. The Morgan fingerprint density at radius 1 is 1.59 bits per heavy atom. The molecule has 0 N–H and O–H groups in total. The molecule has 2 heterocycles. The van der Waals surface area contributed by atoms with Gasteiger partial charge in [-0.25, -0.2) is 9.97 Å². The Kier molecular flexibility index (Phi) is 3.94. The Hall–Kier alpha value is -1.16. The number of amides is 1. The zero-order valence-electron chi connectivity index (χ0n) is 9.90. The van der Waals surface area contributed by atoms with Gasteiger partial charge in [-0.3, -0.25) is 4.79 Å². The minimum atomic E-state index is 0.162. The molecule has 4 nitrogen and oxygen atoms in total. The smallest absolute Gasteiger partial charge is 0.219 e. The van der Waals surface area contributed by atoms with E-state index in [0.29, 0.717) is 11.1 Å². The van der Waals surface area contributed by atoms with E-state index in [4.69, 9.17) is 11.6 Å². The maximum atomic E-state index is 11.3. The largest absolute Gasteiger partial charge is 0.343 e. The van der Waals surface area contributed by atoms with Crippen LogP contribution in [0.15, 0.2) is 12.4 Å². The summed E-state index contributed by atoms with van der Waals surface area (Å²) < 4.78 is 0. The average Bonchev–Trinajstić information content (AvgIpc) is 2.29.